The topological polar surface area (TPSA) is 25.8 Å². The van der Waals surface area contributed by atoms with Crippen molar-refractivity contribution >= 4 is 82.7 Å². The number of halogens is 2. The predicted octanol–water partition coefficient (Wildman–Crippen LogP) is 5.00. The normalized spacial score (nSPS) is 9.83. The number of hydrogen-bond donors (Lipinski definition) is 0. The summed E-state index contributed by atoms with van der Waals surface area (Å²) in [7, 11) is 0. The fourth-order valence-electron chi connectivity index (χ4n) is 1.99. The van der Waals surface area contributed by atoms with Gasteiger partial charge in [-0.2, -0.15) is 36.4 Å². The first-order valence-electron chi connectivity index (χ1n) is 6.57. The summed E-state index contributed by atoms with van der Waals surface area (Å²) >= 11 is 11.8. The van der Waals surface area contributed by atoms with Crippen LogP contribution < -0.4 is 0 Å². The quantitative estimate of drug-likeness (QED) is 0.324. The maximum absolute atomic E-state index is 5.90. The van der Waals surface area contributed by atoms with Gasteiger partial charge < -0.3 is 0 Å². The van der Waals surface area contributed by atoms with E-state index in [1.165, 1.54) is 0 Å². The van der Waals surface area contributed by atoms with Gasteiger partial charge in [0.05, 0.1) is 0 Å². The van der Waals surface area contributed by atoms with Crippen LogP contribution in [0.2, 0.25) is 10.0 Å². The smallest absolute Gasteiger partial charge is 0.283 e. The van der Waals surface area contributed by atoms with E-state index in [9.17, 15) is 0 Å². The van der Waals surface area contributed by atoms with Crippen LogP contribution in [0.4, 0.5) is 0 Å². The Morgan fingerprint density at radius 2 is 1.13 bits per heavy atom. The van der Waals surface area contributed by atoms with Gasteiger partial charge in [0.25, 0.3) is 0 Å². The zero-order valence-corrected chi connectivity index (χ0v) is 15.9. The molecule has 0 saturated heterocycles. The zero-order chi connectivity index (χ0) is 15.4. The van der Waals surface area contributed by atoms with Crippen LogP contribution in [0, 0.1) is 12.1 Å². The van der Waals surface area contributed by atoms with Crippen molar-refractivity contribution < 1.29 is 0 Å². The summed E-state index contributed by atoms with van der Waals surface area (Å²) in [5.74, 6) is 0. The number of pyridine rings is 2. The molecule has 0 aliphatic carbocycles. The van der Waals surface area contributed by atoms with E-state index in [1.54, 1.807) is 24.5 Å². The monoisotopic (exact) mass is 364 g/mol. The van der Waals surface area contributed by atoms with Gasteiger partial charge in [0.15, 0.2) is 0 Å². The van der Waals surface area contributed by atoms with Crippen LogP contribution >= 0.6 is 23.2 Å². The van der Waals surface area contributed by atoms with E-state index in [4.69, 9.17) is 23.2 Å². The molecule has 2 heterocycles. The molecule has 0 N–H and O–H groups in total. The standard InChI is InChI=1S/2C9H5ClN.Ca/c2*10-8-4-1-5-9-7(8)3-2-6-11-9;/h2*1-4,6H;/q2*-1;+2. The zero-order valence-electron chi connectivity index (χ0n) is 12.1. The third-order valence-electron chi connectivity index (χ3n) is 3.03. The molecule has 0 bridgehead atoms. The number of rotatable bonds is 0. The second-order valence-electron chi connectivity index (χ2n) is 4.45. The summed E-state index contributed by atoms with van der Waals surface area (Å²) in [5.41, 5.74) is 1.64. The summed E-state index contributed by atoms with van der Waals surface area (Å²) in [6.07, 6.45) is 3.46. The van der Waals surface area contributed by atoms with E-state index in [-0.39, 0.29) is 37.7 Å². The van der Waals surface area contributed by atoms with Gasteiger partial charge in [0, 0.05) is 12.4 Å². The Morgan fingerprint density at radius 3 is 1.52 bits per heavy atom. The first-order chi connectivity index (χ1) is 10.8. The summed E-state index contributed by atoms with van der Waals surface area (Å²) in [6, 6.07) is 20.8. The second-order valence-corrected chi connectivity index (χ2v) is 5.26. The minimum Gasteiger partial charge on any atom is -0.283 e. The van der Waals surface area contributed by atoms with E-state index in [0.717, 1.165) is 31.9 Å². The van der Waals surface area contributed by atoms with Crippen molar-refractivity contribution in [3.63, 3.8) is 0 Å². The van der Waals surface area contributed by atoms with Crippen molar-refractivity contribution in [1.82, 2.24) is 9.97 Å². The number of aromatic nitrogens is 2. The molecule has 23 heavy (non-hydrogen) atoms. The third-order valence-corrected chi connectivity index (χ3v) is 3.69. The summed E-state index contributed by atoms with van der Waals surface area (Å²) in [4.78, 5) is 8.20. The summed E-state index contributed by atoms with van der Waals surface area (Å²) < 4.78 is 0. The first-order valence-corrected chi connectivity index (χ1v) is 7.33. The number of benzene rings is 2. The Hall–Kier alpha value is -0.900. The van der Waals surface area contributed by atoms with E-state index in [1.807, 2.05) is 36.4 Å². The molecule has 2 aromatic heterocycles. The molecule has 2 aromatic carbocycles. The van der Waals surface area contributed by atoms with Crippen LogP contribution in [0.5, 0.6) is 0 Å². The van der Waals surface area contributed by atoms with Crippen LogP contribution in [-0.2, 0) is 0 Å². The maximum atomic E-state index is 5.90. The molecule has 0 fully saturated rings. The van der Waals surface area contributed by atoms with Gasteiger partial charge in [-0.15, -0.1) is 35.3 Å². The molecule has 0 saturated carbocycles. The second kappa shape index (κ2) is 8.81. The van der Waals surface area contributed by atoms with E-state index in [0.29, 0.717) is 0 Å². The number of fused-ring (bicyclic) bond motifs is 2. The molecule has 0 unspecified atom stereocenters. The van der Waals surface area contributed by atoms with Gasteiger partial charge in [-0.1, -0.05) is 33.0 Å². The molecule has 0 amide bonds. The van der Waals surface area contributed by atoms with Crippen LogP contribution in [0.15, 0.2) is 60.9 Å². The Labute approximate surface area is 174 Å². The predicted molar refractivity (Wildman–Crippen MR) is 96.9 cm³/mol. The molecule has 0 spiro atoms. The summed E-state index contributed by atoms with van der Waals surface area (Å²) in [5, 5.41) is 3.37. The number of nitrogens with zero attached hydrogens (tertiary/aromatic N) is 2. The molecule has 0 aliphatic rings. The van der Waals surface area contributed by atoms with Crippen molar-refractivity contribution in [3.8, 4) is 0 Å². The van der Waals surface area contributed by atoms with Crippen LogP contribution in [0.1, 0.15) is 0 Å². The van der Waals surface area contributed by atoms with Crippen LogP contribution in [0.3, 0.4) is 0 Å². The Bertz CT molecular complexity index is 841. The summed E-state index contributed by atoms with van der Waals surface area (Å²) in [6.45, 7) is 0. The van der Waals surface area contributed by atoms with Gasteiger partial charge in [0.2, 0.25) is 0 Å². The third kappa shape index (κ3) is 4.56. The maximum Gasteiger partial charge on any atom is 2.00 e. The molecule has 2 nitrogen and oxygen atoms in total. The van der Waals surface area contributed by atoms with Crippen molar-refractivity contribution in [3.05, 3.63) is 83.1 Å². The molecular formula is C18H10CaCl2N2. The van der Waals surface area contributed by atoms with Gasteiger partial charge in [-0.05, 0) is 11.0 Å². The average Bonchev–Trinajstić information content (AvgIpc) is 2.57. The largest absolute Gasteiger partial charge is 2.00 e. The van der Waals surface area contributed by atoms with Gasteiger partial charge >= 0.3 is 37.7 Å². The van der Waals surface area contributed by atoms with Crippen molar-refractivity contribution in [2.75, 3.05) is 0 Å². The molecule has 108 valence electrons. The van der Waals surface area contributed by atoms with Crippen molar-refractivity contribution in [2.45, 2.75) is 0 Å². The van der Waals surface area contributed by atoms with Crippen LogP contribution in [0.25, 0.3) is 21.8 Å². The Morgan fingerprint density at radius 1 is 0.696 bits per heavy atom. The van der Waals surface area contributed by atoms with Crippen molar-refractivity contribution in [2.24, 2.45) is 0 Å². The van der Waals surface area contributed by atoms with E-state index in [2.05, 4.69) is 22.1 Å². The molecule has 0 atom stereocenters. The Balaban J connectivity index is 0.000000160. The fraction of sp³-hybridized carbons (Fsp3) is 0. The first kappa shape index (κ1) is 18.4. The van der Waals surface area contributed by atoms with Gasteiger partial charge in [0.1, 0.15) is 0 Å². The molecule has 0 radical (unpaired) electrons. The van der Waals surface area contributed by atoms with Crippen LogP contribution in [-0.4, -0.2) is 47.7 Å². The SMILES string of the molecule is Clc1cc[c-]c2ncccc12.Clc1cc[c-]c2ncccc12.[Ca+2]. The average molecular weight is 365 g/mol. The van der Waals surface area contributed by atoms with E-state index < -0.39 is 0 Å². The molecular weight excluding hydrogens is 355 g/mol. The van der Waals surface area contributed by atoms with Gasteiger partial charge in [-0.3, -0.25) is 9.97 Å². The molecule has 4 aromatic rings. The molecule has 4 rings (SSSR count). The Kier molecular flexibility index (Phi) is 7.07. The minimum absolute atomic E-state index is 0. The minimum atomic E-state index is 0. The molecule has 0 aliphatic heterocycles. The number of hydrogen-bond acceptors (Lipinski definition) is 2. The molecule has 5 heteroatoms. The fourth-order valence-corrected chi connectivity index (χ4v) is 2.42. The van der Waals surface area contributed by atoms with Gasteiger partial charge in [-0.25, -0.2) is 0 Å². The van der Waals surface area contributed by atoms with E-state index >= 15 is 0 Å². The van der Waals surface area contributed by atoms with Crippen molar-refractivity contribution in [1.29, 1.82) is 0 Å².